The summed E-state index contributed by atoms with van der Waals surface area (Å²) in [5.41, 5.74) is 2.30. The van der Waals surface area contributed by atoms with Gasteiger partial charge >= 0.3 is 0 Å². The second-order valence-electron chi connectivity index (χ2n) is 6.41. The third kappa shape index (κ3) is 4.54. The lowest BCUT2D eigenvalue weighted by atomic mass is 10.1. The van der Waals surface area contributed by atoms with Crippen LogP contribution in [0.3, 0.4) is 0 Å². The highest BCUT2D eigenvalue weighted by molar-refractivity contribution is 5.63. The molecule has 0 N–H and O–H groups in total. The standard InChI is InChI=1S/C20H22N4O3/c1-2-27-19-6-3-16(4-7-19)15-22-9-11-23(12-10-22)20-8-5-18(24(25)26)13-17(20)14-21/h3-8,13H,2,9-12,15H2,1H3. The minimum absolute atomic E-state index is 0.0514. The first kappa shape index (κ1) is 18.7. The van der Waals surface area contributed by atoms with Crippen LogP contribution in [0.25, 0.3) is 0 Å². The van der Waals surface area contributed by atoms with Crippen molar-refractivity contribution in [2.75, 3.05) is 37.7 Å². The molecule has 0 saturated carbocycles. The largest absolute Gasteiger partial charge is 0.494 e. The van der Waals surface area contributed by atoms with Crippen LogP contribution in [0, 0.1) is 21.4 Å². The highest BCUT2D eigenvalue weighted by atomic mass is 16.6. The molecule has 0 amide bonds. The van der Waals surface area contributed by atoms with Crippen molar-refractivity contribution in [3.05, 3.63) is 63.7 Å². The van der Waals surface area contributed by atoms with E-state index in [1.165, 1.54) is 17.7 Å². The first-order chi connectivity index (χ1) is 13.1. The number of piperazine rings is 1. The maximum atomic E-state index is 10.9. The molecule has 1 fully saturated rings. The van der Waals surface area contributed by atoms with E-state index in [1.807, 2.05) is 19.1 Å². The fraction of sp³-hybridized carbons (Fsp3) is 0.350. The molecule has 7 heteroatoms. The summed E-state index contributed by atoms with van der Waals surface area (Å²) >= 11 is 0. The molecular weight excluding hydrogens is 344 g/mol. The fourth-order valence-corrected chi connectivity index (χ4v) is 3.27. The first-order valence-electron chi connectivity index (χ1n) is 8.98. The number of nitriles is 1. The van der Waals surface area contributed by atoms with E-state index in [0.29, 0.717) is 12.2 Å². The van der Waals surface area contributed by atoms with E-state index in [1.54, 1.807) is 6.07 Å². The number of ether oxygens (including phenoxy) is 1. The van der Waals surface area contributed by atoms with Gasteiger partial charge in [0, 0.05) is 44.9 Å². The number of nitro benzene ring substituents is 1. The number of benzene rings is 2. The predicted octanol–water partition coefficient (Wildman–Crippen LogP) is 3.19. The van der Waals surface area contributed by atoms with Crippen LogP contribution < -0.4 is 9.64 Å². The van der Waals surface area contributed by atoms with Crippen molar-refractivity contribution >= 4 is 11.4 Å². The Labute approximate surface area is 158 Å². The van der Waals surface area contributed by atoms with Crippen LogP contribution >= 0.6 is 0 Å². The number of hydrogen-bond acceptors (Lipinski definition) is 6. The van der Waals surface area contributed by atoms with Crippen molar-refractivity contribution < 1.29 is 9.66 Å². The van der Waals surface area contributed by atoms with Gasteiger partial charge in [0.25, 0.3) is 5.69 Å². The van der Waals surface area contributed by atoms with E-state index in [0.717, 1.165) is 44.2 Å². The molecule has 1 aliphatic heterocycles. The van der Waals surface area contributed by atoms with Crippen molar-refractivity contribution in [3.63, 3.8) is 0 Å². The second-order valence-corrected chi connectivity index (χ2v) is 6.41. The highest BCUT2D eigenvalue weighted by Gasteiger charge is 2.21. The van der Waals surface area contributed by atoms with Gasteiger partial charge in [-0.25, -0.2) is 0 Å². The molecule has 0 spiro atoms. The monoisotopic (exact) mass is 366 g/mol. The smallest absolute Gasteiger partial charge is 0.270 e. The molecule has 0 unspecified atom stereocenters. The number of non-ortho nitro benzene ring substituents is 1. The summed E-state index contributed by atoms with van der Waals surface area (Å²) in [5, 5.41) is 20.2. The Morgan fingerprint density at radius 2 is 1.85 bits per heavy atom. The van der Waals surface area contributed by atoms with Gasteiger partial charge in [0.15, 0.2) is 0 Å². The SMILES string of the molecule is CCOc1ccc(CN2CCN(c3ccc([N+](=O)[O-])cc3C#N)CC2)cc1. The summed E-state index contributed by atoms with van der Waals surface area (Å²) in [6.07, 6.45) is 0. The summed E-state index contributed by atoms with van der Waals surface area (Å²) in [7, 11) is 0. The van der Waals surface area contributed by atoms with E-state index in [-0.39, 0.29) is 5.69 Å². The maximum Gasteiger partial charge on any atom is 0.270 e. The molecule has 2 aromatic rings. The average molecular weight is 366 g/mol. The number of anilines is 1. The molecule has 27 heavy (non-hydrogen) atoms. The number of nitro groups is 1. The van der Waals surface area contributed by atoms with Crippen LogP contribution in [-0.2, 0) is 6.54 Å². The van der Waals surface area contributed by atoms with E-state index in [2.05, 4.69) is 28.0 Å². The summed E-state index contributed by atoms with van der Waals surface area (Å²) in [6.45, 7) is 6.80. The first-order valence-corrected chi connectivity index (χ1v) is 8.98. The molecule has 0 bridgehead atoms. The lowest BCUT2D eigenvalue weighted by Gasteiger charge is -2.36. The van der Waals surface area contributed by atoms with E-state index < -0.39 is 4.92 Å². The van der Waals surface area contributed by atoms with Gasteiger partial charge in [-0.15, -0.1) is 0 Å². The van der Waals surface area contributed by atoms with Gasteiger partial charge in [0.1, 0.15) is 11.8 Å². The average Bonchev–Trinajstić information content (AvgIpc) is 2.70. The molecule has 7 nitrogen and oxygen atoms in total. The summed E-state index contributed by atoms with van der Waals surface area (Å²) < 4.78 is 5.47. The zero-order chi connectivity index (χ0) is 19.2. The zero-order valence-corrected chi connectivity index (χ0v) is 15.3. The second kappa shape index (κ2) is 8.52. The van der Waals surface area contributed by atoms with E-state index >= 15 is 0 Å². The van der Waals surface area contributed by atoms with Crippen molar-refractivity contribution in [3.8, 4) is 11.8 Å². The molecule has 0 aliphatic carbocycles. The quantitative estimate of drug-likeness (QED) is 0.577. The van der Waals surface area contributed by atoms with Crippen LogP contribution in [0.1, 0.15) is 18.1 Å². The van der Waals surface area contributed by atoms with Gasteiger partial charge in [-0.1, -0.05) is 12.1 Å². The molecule has 2 aromatic carbocycles. The lowest BCUT2D eigenvalue weighted by Crippen LogP contribution is -2.46. The molecule has 0 radical (unpaired) electrons. The van der Waals surface area contributed by atoms with Gasteiger partial charge in [-0.2, -0.15) is 5.26 Å². The molecule has 0 aromatic heterocycles. The molecule has 1 aliphatic rings. The Morgan fingerprint density at radius 1 is 1.15 bits per heavy atom. The van der Waals surface area contributed by atoms with Crippen molar-refractivity contribution in [1.29, 1.82) is 5.26 Å². The molecule has 140 valence electrons. The van der Waals surface area contributed by atoms with Crippen LogP contribution in [-0.4, -0.2) is 42.6 Å². The summed E-state index contributed by atoms with van der Waals surface area (Å²) in [4.78, 5) is 14.9. The van der Waals surface area contributed by atoms with Gasteiger partial charge in [0.2, 0.25) is 0 Å². The normalized spacial score (nSPS) is 14.6. The minimum atomic E-state index is -0.473. The van der Waals surface area contributed by atoms with Crippen molar-refractivity contribution in [1.82, 2.24) is 4.90 Å². The third-order valence-electron chi connectivity index (χ3n) is 4.66. The zero-order valence-electron chi connectivity index (χ0n) is 15.3. The van der Waals surface area contributed by atoms with E-state index in [4.69, 9.17) is 4.74 Å². The lowest BCUT2D eigenvalue weighted by molar-refractivity contribution is -0.384. The Bertz CT molecular complexity index is 837. The fourth-order valence-electron chi connectivity index (χ4n) is 3.27. The van der Waals surface area contributed by atoms with Crippen molar-refractivity contribution in [2.45, 2.75) is 13.5 Å². The van der Waals surface area contributed by atoms with Crippen LogP contribution in [0.15, 0.2) is 42.5 Å². The molecule has 1 heterocycles. The summed E-state index contributed by atoms with van der Waals surface area (Å²) in [5.74, 6) is 0.883. The van der Waals surface area contributed by atoms with Crippen molar-refractivity contribution in [2.24, 2.45) is 0 Å². The minimum Gasteiger partial charge on any atom is -0.494 e. The molecule has 1 saturated heterocycles. The third-order valence-corrected chi connectivity index (χ3v) is 4.66. The van der Waals surface area contributed by atoms with Crippen LogP contribution in [0.2, 0.25) is 0 Å². The van der Waals surface area contributed by atoms with Crippen LogP contribution in [0.5, 0.6) is 5.75 Å². The topological polar surface area (TPSA) is 82.6 Å². The highest BCUT2D eigenvalue weighted by Crippen LogP contribution is 2.26. The maximum absolute atomic E-state index is 10.9. The Hall–Kier alpha value is -3.11. The molecule has 3 rings (SSSR count). The van der Waals surface area contributed by atoms with Gasteiger partial charge in [0.05, 0.1) is 22.8 Å². The van der Waals surface area contributed by atoms with Gasteiger partial charge < -0.3 is 9.64 Å². The summed E-state index contributed by atoms with van der Waals surface area (Å²) in [6, 6.07) is 14.7. The Balaban J connectivity index is 1.60. The molecule has 0 atom stereocenters. The molecular formula is C20H22N4O3. The predicted molar refractivity (Wildman–Crippen MR) is 103 cm³/mol. The van der Waals surface area contributed by atoms with Crippen LogP contribution in [0.4, 0.5) is 11.4 Å². The number of hydrogen-bond donors (Lipinski definition) is 0. The van der Waals surface area contributed by atoms with E-state index in [9.17, 15) is 15.4 Å². The number of nitrogens with zero attached hydrogens (tertiary/aromatic N) is 4. The van der Waals surface area contributed by atoms with Gasteiger partial charge in [-0.05, 0) is 30.7 Å². The Morgan fingerprint density at radius 3 is 2.44 bits per heavy atom. The number of rotatable bonds is 6. The Kier molecular flexibility index (Phi) is 5.89. The van der Waals surface area contributed by atoms with Gasteiger partial charge in [-0.3, -0.25) is 15.0 Å².